The highest BCUT2D eigenvalue weighted by Crippen LogP contribution is 2.41. The second-order valence-electron chi connectivity index (χ2n) is 17.9. The monoisotopic (exact) mass is 929 g/mol. The largest absolute Gasteiger partial charge is 0.394 e. The second kappa shape index (κ2) is 17.2. The number of H-pyrrole nitrogens is 2. The Morgan fingerprint density at radius 3 is 1.59 bits per heavy atom. The number of aromatic amines is 2. The number of nitrogens with one attached hydrogen (secondary N) is 5. The number of carbonyl (C=O) groups excluding carboxylic acids is 1. The Labute approximate surface area is 386 Å². The quantitative estimate of drug-likeness (QED) is 0.0652. The lowest BCUT2D eigenvalue weighted by molar-refractivity contribution is -0.313. The van der Waals surface area contributed by atoms with Crippen LogP contribution >= 0.6 is 0 Å². The maximum atomic E-state index is 12.8. The zero-order valence-electron chi connectivity index (χ0n) is 36.7. The summed E-state index contributed by atoms with van der Waals surface area (Å²) in [5.41, 5.74) is 0.271. The Hall–Kier alpha value is -5.91. The highest BCUT2D eigenvalue weighted by Gasteiger charge is 2.61. The predicted molar refractivity (Wildman–Crippen MR) is 251 cm³/mol. The zero-order valence-corrected chi connectivity index (χ0v) is 36.7. The smallest absolute Gasteiger partial charge is 0.201 e. The van der Waals surface area contributed by atoms with E-state index < -0.39 is 97.8 Å². The highest BCUT2D eigenvalue weighted by molar-refractivity contribution is 6.24. The van der Waals surface area contributed by atoms with Crippen LogP contribution in [0, 0.1) is 0 Å². The van der Waals surface area contributed by atoms with E-state index in [-0.39, 0.29) is 18.2 Å². The molecule has 3 fully saturated rings. The molecule has 68 heavy (non-hydrogen) atoms. The van der Waals surface area contributed by atoms with Crippen LogP contribution in [0.4, 0.5) is 11.9 Å². The van der Waals surface area contributed by atoms with E-state index in [0.717, 1.165) is 48.6 Å². The van der Waals surface area contributed by atoms with Crippen LogP contribution in [0.2, 0.25) is 0 Å². The van der Waals surface area contributed by atoms with Crippen LogP contribution in [-0.4, -0.2) is 167 Å². The standard InChI is InChI=1S/C49H51N7O12/c1-21-49(64,20-58)44(68-45-37(50-2)41(62)38(59)30(19-57)66-45)46(65-21)67-43-36(56-48-53-33-28-17-9-5-13-24(28)25-14-6-10-18-29(25)34(33)54-48)39(60)35(40(61)42(43)63)55-47-51-31-26-15-7-3-11-22(26)23-12-4-8-16-27(23)32(31)52-47/h3-18,20-21,30,35-46,50,57,59-64H,19H2,1-2H3,(H2,51,52,55)(H2,53,54,56)/t21-,30-,35+,36-,37-,38-,39+,40-,41-,42+,43+,44-,45-,46-,49+/m0/s1. The third kappa shape index (κ3) is 7.00. The van der Waals surface area contributed by atoms with Gasteiger partial charge in [0.2, 0.25) is 11.9 Å². The van der Waals surface area contributed by atoms with E-state index in [1.807, 2.05) is 97.1 Å². The fraction of sp³-hybridized carbons (Fsp3) is 0.367. The summed E-state index contributed by atoms with van der Waals surface area (Å²) >= 11 is 0. The molecule has 19 nitrogen and oxygen atoms in total. The van der Waals surface area contributed by atoms with Crippen molar-refractivity contribution < 1.29 is 59.5 Å². The summed E-state index contributed by atoms with van der Waals surface area (Å²) in [5.74, 6) is 0.380. The molecule has 2 aliphatic heterocycles. The van der Waals surface area contributed by atoms with E-state index in [9.17, 15) is 40.5 Å². The second-order valence-corrected chi connectivity index (χ2v) is 17.9. The number of aliphatic hydroxyl groups excluding tert-OH is 6. The molecule has 1 aliphatic carbocycles. The van der Waals surface area contributed by atoms with Gasteiger partial charge in [0.25, 0.3) is 0 Å². The van der Waals surface area contributed by atoms with Crippen LogP contribution in [0.3, 0.4) is 0 Å². The van der Waals surface area contributed by atoms with Gasteiger partial charge in [-0.3, -0.25) is 4.79 Å². The van der Waals surface area contributed by atoms with Crippen molar-refractivity contribution in [1.82, 2.24) is 25.3 Å². The highest BCUT2D eigenvalue weighted by atomic mass is 16.8. The van der Waals surface area contributed by atoms with E-state index in [1.165, 1.54) is 14.0 Å². The molecule has 8 aromatic rings. The molecule has 11 rings (SSSR count). The molecule has 1 saturated carbocycles. The molecule has 2 saturated heterocycles. The maximum absolute atomic E-state index is 12.8. The molecule has 0 amide bonds. The number of hydrogen-bond acceptors (Lipinski definition) is 17. The number of nitrogens with zero attached hydrogens (tertiary/aromatic N) is 2. The number of carbonyl (C=O) groups is 1. The number of anilines is 2. The minimum atomic E-state index is -2.41. The van der Waals surface area contributed by atoms with Crippen LogP contribution < -0.4 is 16.0 Å². The summed E-state index contributed by atoms with van der Waals surface area (Å²) < 4.78 is 24.6. The molecule has 15 atom stereocenters. The van der Waals surface area contributed by atoms with Gasteiger partial charge in [-0.25, -0.2) is 9.97 Å². The van der Waals surface area contributed by atoms with Crippen molar-refractivity contribution in [1.29, 1.82) is 0 Å². The van der Waals surface area contributed by atoms with Gasteiger partial charge < -0.3 is 80.6 Å². The Bertz CT molecular complexity index is 3040. The lowest BCUT2D eigenvalue weighted by Gasteiger charge is -2.47. The number of likely N-dealkylation sites (N-methyl/N-ethyl adjacent to an activating group) is 1. The Kier molecular flexibility index (Phi) is 11.3. The van der Waals surface area contributed by atoms with E-state index in [2.05, 4.69) is 25.9 Å². The van der Waals surface area contributed by atoms with Gasteiger partial charge in [-0.15, -0.1) is 0 Å². The Morgan fingerprint density at radius 2 is 1.09 bits per heavy atom. The van der Waals surface area contributed by atoms with Gasteiger partial charge in [0.05, 0.1) is 59.0 Å². The average Bonchev–Trinajstić information content (AvgIpc) is 4.06. The summed E-state index contributed by atoms with van der Waals surface area (Å²) in [6.45, 7) is 0.700. The van der Waals surface area contributed by atoms with Gasteiger partial charge in [-0.1, -0.05) is 97.1 Å². The van der Waals surface area contributed by atoms with Gasteiger partial charge >= 0.3 is 0 Å². The number of imidazole rings is 2. The van der Waals surface area contributed by atoms with Crippen LogP contribution in [0.25, 0.3) is 65.2 Å². The summed E-state index contributed by atoms with van der Waals surface area (Å²) in [7, 11) is 1.47. The number of fused-ring (bicyclic) bond motifs is 12. The number of benzene rings is 6. The molecular formula is C49H51N7O12. The first-order valence-corrected chi connectivity index (χ1v) is 22.5. The zero-order chi connectivity index (χ0) is 47.2. The van der Waals surface area contributed by atoms with Gasteiger partial charge in [0.15, 0.2) is 24.5 Å². The normalized spacial score (nSPS) is 33.3. The molecule has 6 aromatic carbocycles. The molecule has 2 aromatic heterocycles. The van der Waals surface area contributed by atoms with E-state index in [4.69, 9.17) is 28.9 Å². The van der Waals surface area contributed by atoms with Gasteiger partial charge in [-0.05, 0) is 35.5 Å². The number of ether oxygens (including phenoxy) is 4. The van der Waals surface area contributed by atoms with Crippen LogP contribution in [0.1, 0.15) is 6.92 Å². The molecule has 0 bridgehead atoms. The summed E-state index contributed by atoms with van der Waals surface area (Å²) in [5, 5.41) is 96.9. The van der Waals surface area contributed by atoms with Crippen LogP contribution in [0.15, 0.2) is 97.1 Å². The molecule has 354 valence electrons. The maximum Gasteiger partial charge on any atom is 0.201 e. The minimum Gasteiger partial charge on any atom is -0.394 e. The molecule has 4 heterocycles. The summed E-state index contributed by atoms with van der Waals surface area (Å²) in [6.07, 6.45) is -17.1. The Balaban J connectivity index is 0.984. The first-order valence-electron chi connectivity index (χ1n) is 22.5. The van der Waals surface area contributed by atoms with E-state index >= 15 is 0 Å². The summed E-state index contributed by atoms with van der Waals surface area (Å²) in [4.78, 5) is 29.4. The van der Waals surface area contributed by atoms with Gasteiger partial charge in [0.1, 0.15) is 42.7 Å². The fourth-order valence-corrected chi connectivity index (χ4v) is 10.5. The number of aldehydes is 1. The first-order chi connectivity index (χ1) is 32.9. The third-order valence-electron chi connectivity index (χ3n) is 14.2. The molecule has 0 unspecified atom stereocenters. The first kappa shape index (κ1) is 44.6. The fourth-order valence-electron chi connectivity index (χ4n) is 10.5. The van der Waals surface area contributed by atoms with Gasteiger partial charge in [0, 0.05) is 21.5 Å². The molecule has 0 spiro atoms. The molecule has 3 aliphatic rings. The van der Waals surface area contributed by atoms with Crippen molar-refractivity contribution in [2.75, 3.05) is 24.3 Å². The predicted octanol–water partition coefficient (Wildman–Crippen LogP) is 1.88. The van der Waals surface area contributed by atoms with Gasteiger partial charge in [-0.2, -0.15) is 0 Å². The molecule has 12 N–H and O–H groups in total. The number of hydrogen-bond donors (Lipinski definition) is 12. The topological polar surface area (TPSA) is 289 Å². The molecule has 0 radical (unpaired) electrons. The lowest BCUT2D eigenvalue weighted by Crippen LogP contribution is -2.69. The van der Waals surface area contributed by atoms with Crippen LogP contribution in [0.5, 0.6) is 0 Å². The molecule has 19 heteroatoms. The van der Waals surface area contributed by atoms with Crippen molar-refractivity contribution in [3.63, 3.8) is 0 Å². The Morgan fingerprint density at radius 1 is 0.618 bits per heavy atom. The number of rotatable bonds is 11. The number of aromatic nitrogens is 4. The minimum absolute atomic E-state index is 0.177. The molecular weight excluding hydrogens is 879 g/mol. The summed E-state index contributed by atoms with van der Waals surface area (Å²) in [6, 6.07) is 27.6. The van der Waals surface area contributed by atoms with Crippen molar-refractivity contribution in [3.05, 3.63) is 97.1 Å². The van der Waals surface area contributed by atoms with Crippen LogP contribution in [-0.2, 0) is 23.7 Å². The average molecular weight is 930 g/mol. The van der Waals surface area contributed by atoms with Crippen molar-refractivity contribution in [2.45, 2.75) is 98.2 Å². The van der Waals surface area contributed by atoms with Crippen molar-refractivity contribution in [3.8, 4) is 0 Å². The number of aliphatic hydroxyl groups is 7. The van der Waals surface area contributed by atoms with E-state index in [1.54, 1.807) is 0 Å². The van der Waals surface area contributed by atoms with Crippen molar-refractivity contribution in [2.24, 2.45) is 0 Å². The van der Waals surface area contributed by atoms with Crippen molar-refractivity contribution >= 4 is 83.3 Å². The third-order valence-corrected chi connectivity index (χ3v) is 14.2. The lowest BCUT2D eigenvalue weighted by atomic mass is 9.81. The van der Waals surface area contributed by atoms with E-state index in [0.29, 0.717) is 16.6 Å². The SMILES string of the molecule is CN[C@@H]1[C@H](O[C@H]2[C@H](O[C@H]3[C@H](O)[C@@H](O)[C@H](Nc4nc5c6ccccc6c6ccccc6c5[nH]4)[C@@H](O)[C@@H]3Nc3nc4c5ccccc5c5ccccc5c4[nH]3)O[C@@H](C)[C@]2(O)C=O)O[C@@H](CO)[C@H](O)[C@H]1O.